The van der Waals surface area contributed by atoms with Crippen molar-refractivity contribution >= 4 is 33.5 Å². The van der Waals surface area contributed by atoms with E-state index < -0.39 is 11.6 Å². The molecule has 0 radical (unpaired) electrons. The molecule has 20 heavy (non-hydrogen) atoms. The van der Waals surface area contributed by atoms with E-state index in [1.54, 1.807) is 30.0 Å². The van der Waals surface area contributed by atoms with Crippen molar-refractivity contribution < 1.29 is 19.4 Å². The van der Waals surface area contributed by atoms with Gasteiger partial charge >= 0.3 is 5.97 Å². The van der Waals surface area contributed by atoms with Gasteiger partial charge in [-0.3, -0.25) is 4.79 Å². The maximum absolute atomic E-state index is 12.2. The molecule has 1 aliphatic heterocycles. The monoisotopic (exact) mass is 342 g/mol. The summed E-state index contributed by atoms with van der Waals surface area (Å²) in [5.41, 5.74) is 6.19. The molecule has 0 unspecified atom stereocenters. The van der Waals surface area contributed by atoms with Crippen molar-refractivity contribution in [2.75, 3.05) is 25.4 Å². The van der Waals surface area contributed by atoms with E-state index in [0.717, 1.165) is 0 Å². The number of amides is 1. The highest BCUT2D eigenvalue weighted by Crippen LogP contribution is 2.28. The third-order valence-electron chi connectivity index (χ3n) is 3.13. The molecule has 1 aromatic carbocycles. The Hall–Kier alpha value is -1.60. The fraction of sp³-hybridized carbons (Fsp3) is 0.385. The molecule has 1 aromatic rings. The second kappa shape index (κ2) is 5.41. The van der Waals surface area contributed by atoms with Crippen LogP contribution in [0.2, 0.25) is 0 Å². The van der Waals surface area contributed by atoms with Gasteiger partial charge in [0.25, 0.3) is 5.91 Å². The number of nitrogens with zero attached hydrogens (tertiary/aromatic N) is 1. The van der Waals surface area contributed by atoms with Crippen LogP contribution in [-0.2, 0) is 9.53 Å². The zero-order chi connectivity index (χ0) is 14.9. The van der Waals surface area contributed by atoms with E-state index in [2.05, 4.69) is 15.9 Å². The largest absolute Gasteiger partial charge is 0.480 e. The molecule has 3 N–H and O–H groups in total. The fourth-order valence-electron chi connectivity index (χ4n) is 2.07. The van der Waals surface area contributed by atoms with E-state index in [1.165, 1.54) is 0 Å². The lowest BCUT2D eigenvalue weighted by molar-refractivity contribution is -0.159. The number of ether oxygens (including phenoxy) is 1. The smallest absolute Gasteiger partial charge is 0.329 e. The summed E-state index contributed by atoms with van der Waals surface area (Å²) in [5, 5.41) is 8.58. The second-order valence-corrected chi connectivity index (χ2v) is 5.88. The summed E-state index contributed by atoms with van der Waals surface area (Å²) in [5.74, 6) is -1.14. The van der Waals surface area contributed by atoms with E-state index >= 15 is 0 Å². The highest BCUT2D eigenvalue weighted by molar-refractivity contribution is 9.10. The van der Waals surface area contributed by atoms with Crippen molar-refractivity contribution in [3.05, 3.63) is 28.2 Å². The minimum absolute atomic E-state index is 0.123. The van der Waals surface area contributed by atoms with E-state index in [1.807, 2.05) is 0 Å². The van der Waals surface area contributed by atoms with Crippen molar-refractivity contribution in [3.63, 3.8) is 0 Å². The minimum atomic E-state index is -1.02. The zero-order valence-electron chi connectivity index (χ0n) is 10.9. The van der Waals surface area contributed by atoms with Gasteiger partial charge in [0.1, 0.15) is 12.2 Å². The molecular formula is C13H15BrN2O4. The quantitative estimate of drug-likeness (QED) is 0.805. The summed E-state index contributed by atoms with van der Waals surface area (Å²) < 4.78 is 5.94. The summed E-state index contributed by atoms with van der Waals surface area (Å²) in [6.45, 7) is 2.19. The normalized spacial score (nSPS) is 16.6. The molecule has 0 atom stereocenters. The fourth-order valence-corrected chi connectivity index (χ4v) is 2.45. The SMILES string of the molecule is CC1(OCC(=O)O)CN(C(=O)c2ccc(N)c(Br)c2)C1. The number of halogens is 1. The van der Waals surface area contributed by atoms with Gasteiger partial charge in [-0.05, 0) is 41.1 Å². The number of aliphatic carboxylic acids is 1. The predicted octanol–water partition coefficient (Wildman–Crippen LogP) is 1.35. The van der Waals surface area contributed by atoms with E-state index in [9.17, 15) is 9.59 Å². The molecular weight excluding hydrogens is 328 g/mol. The van der Waals surface area contributed by atoms with Crippen LogP contribution in [0.1, 0.15) is 17.3 Å². The highest BCUT2D eigenvalue weighted by Gasteiger charge is 2.42. The molecule has 0 spiro atoms. The lowest BCUT2D eigenvalue weighted by atomic mass is 9.95. The van der Waals surface area contributed by atoms with Gasteiger partial charge in [0.2, 0.25) is 0 Å². The Morgan fingerprint density at radius 3 is 2.70 bits per heavy atom. The number of anilines is 1. The van der Waals surface area contributed by atoms with Crippen molar-refractivity contribution in [2.24, 2.45) is 0 Å². The molecule has 7 heteroatoms. The van der Waals surface area contributed by atoms with Crippen molar-refractivity contribution in [2.45, 2.75) is 12.5 Å². The Morgan fingerprint density at radius 1 is 1.50 bits per heavy atom. The number of benzene rings is 1. The number of nitrogens with two attached hydrogens (primary N) is 1. The van der Waals surface area contributed by atoms with Crippen LogP contribution in [0.4, 0.5) is 5.69 Å². The molecule has 0 bridgehead atoms. The van der Waals surface area contributed by atoms with Crippen LogP contribution >= 0.6 is 15.9 Å². The molecule has 1 amide bonds. The van der Waals surface area contributed by atoms with Crippen LogP contribution in [0.25, 0.3) is 0 Å². The zero-order valence-corrected chi connectivity index (χ0v) is 12.5. The summed E-state index contributed by atoms with van der Waals surface area (Å²) >= 11 is 3.28. The van der Waals surface area contributed by atoms with Gasteiger partial charge in [0.15, 0.2) is 0 Å². The van der Waals surface area contributed by atoms with Gasteiger partial charge in [-0.1, -0.05) is 0 Å². The number of carbonyl (C=O) groups excluding carboxylic acids is 1. The van der Waals surface area contributed by atoms with Gasteiger partial charge in [0.05, 0.1) is 13.1 Å². The summed E-state index contributed by atoms with van der Waals surface area (Å²) in [4.78, 5) is 24.3. The first kappa shape index (κ1) is 14.8. The average Bonchev–Trinajstić information content (AvgIpc) is 2.35. The Balaban J connectivity index is 1.96. The number of carboxylic acids is 1. The van der Waals surface area contributed by atoms with E-state index in [-0.39, 0.29) is 12.5 Å². The number of nitrogen functional groups attached to an aromatic ring is 1. The minimum Gasteiger partial charge on any atom is -0.480 e. The van der Waals surface area contributed by atoms with E-state index in [4.69, 9.17) is 15.6 Å². The third-order valence-corrected chi connectivity index (χ3v) is 3.82. The first-order valence-corrected chi connectivity index (χ1v) is 6.80. The maximum Gasteiger partial charge on any atom is 0.329 e. The Bertz CT molecular complexity index is 555. The molecule has 2 rings (SSSR count). The van der Waals surface area contributed by atoms with Gasteiger partial charge in [-0.2, -0.15) is 0 Å². The highest BCUT2D eigenvalue weighted by atomic mass is 79.9. The maximum atomic E-state index is 12.2. The molecule has 1 heterocycles. The predicted molar refractivity (Wildman–Crippen MR) is 76.5 cm³/mol. The number of hydrogen-bond donors (Lipinski definition) is 2. The molecule has 108 valence electrons. The molecule has 6 nitrogen and oxygen atoms in total. The van der Waals surface area contributed by atoms with Crippen LogP contribution in [0.15, 0.2) is 22.7 Å². The Morgan fingerprint density at radius 2 is 2.15 bits per heavy atom. The third kappa shape index (κ3) is 3.10. The standard InChI is InChI=1S/C13H15BrN2O4/c1-13(20-5-11(17)18)6-16(7-13)12(19)8-2-3-10(15)9(14)4-8/h2-4H,5-7,15H2,1H3,(H,17,18). The molecule has 0 aliphatic carbocycles. The van der Waals surface area contributed by atoms with Crippen LogP contribution in [0.3, 0.4) is 0 Å². The number of hydrogen-bond acceptors (Lipinski definition) is 4. The number of carbonyl (C=O) groups is 2. The molecule has 1 saturated heterocycles. The van der Waals surface area contributed by atoms with Crippen LogP contribution in [0.5, 0.6) is 0 Å². The Kier molecular flexibility index (Phi) is 4.01. The van der Waals surface area contributed by atoms with Gasteiger partial charge in [0, 0.05) is 15.7 Å². The first-order chi connectivity index (χ1) is 9.31. The summed E-state index contributed by atoms with van der Waals surface area (Å²) in [7, 11) is 0. The van der Waals surface area contributed by atoms with Crippen molar-refractivity contribution in [3.8, 4) is 0 Å². The lowest BCUT2D eigenvalue weighted by Gasteiger charge is -2.47. The molecule has 0 aromatic heterocycles. The van der Waals surface area contributed by atoms with Crippen molar-refractivity contribution in [1.29, 1.82) is 0 Å². The van der Waals surface area contributed by atoms with E-state index in [0.29, 0.717) is 28.8 Å². The number of rotatable bonds is 4. The van der Waals surface area contributed by atoms with Crippen LogP contribution < -0.4 is 5.73 Å². The Labute approximate surface area is 124 Å². The first-order valence-electron chi connectivity index (χ1n) is 6.01. The molecule has 1 aliphatic rings. The second-order valence-electron chi connectivity index (χ2n) is 5.03. The van der Waals surface area contributed by atoms with Crippen LogP contribution in [0, 0.1) is 0 Å². The van der Waals surface area contributed by atoms with Crippen molar-refractivity contribution in [1.82, 2.24) is 4.90 Å². The van der Waals surface area contributed by atoms with Gasteiger partial charge < -0.3 is 20.5 Å². The summed E-state index contributed by atoms with van der Waals surface area (Å²) in [6, 6.07) is 5.00. The topological polar surface area (TPSA) is 92.9 Å². The van der Waals surface area contributed by atoms with Gasteiger partial charge in [-0.15, -0.1) is 0 Å². The average molecular weight is 343 g/mol. The molecule has 1 fully saturated rings. The number of carboxylic acid groups (broad SMARTS) is 1. The summed E-state index contributed by atoms with van der Waals surface area (Å²) in [6.07, 6.45) is 0. The number of likely N-dealkylation sites (tertiary alicyclic amines) is 1. The lowest BCUT2D eigenvalue weighted by Crippen LogP contribution is -2.63. The molecule has 0 saturated carbocycles. The van der Waals surface area contributed by atoms with Gasteiger partial charge in [-0.25, -0.2) is 4.79 Å². The van der Waals surface area contributed by atoms with Crippen LogP contribution in [-0.4, -0.2) is 47.2 Å².